The molecule has 1 aliphatic carbocycles. The Morgan fingerprint density at radius 1 is 1.12 bits per heavy atom. The molecule has 0 heterocycles. The molecule has 1 amide bonds. The summed E-state index contributed by atoms with van der Waals surface area (Å²) in [5.74, 6) is -0.788. The summed E-state index contributed by atoms with van der Waals surface area (Å²) < 4.78 is 10.2. The Kier molecular flexibility index (Phi) is 6.02. The van der Waals surface area contributed by atoms with Gasteiger partial charge >= 0.3 is 5.97 Å². The van der Waals surface area contributed by atoms with E-state index in [0.29, 0.717) is 12.2 Å². The van der Waals surface area contributed by atoms with Gasteiger partial charge < -0.3 is 14.8 Å². The van der Waals surface area contributed by atoms with Crippen LogP contribution in [-0.2, 0) is 27.3 Å². The molecule has 3 rings (SSSR count). The van der Waals surface area contributed by atoms with Gasteiger partial charge in [0.15, 0.2) is 6.61 Å². The quantitative estimate of drug-likeness (QED) is 0.810. The second kappa shape index (κ2) is 8.63. The Morgan fingerprint density at radius 3 is 2.65 bits per heavy atom. The standard InChI is InChI=1S/C21H23NO4/c1-25-13-15-9-11-17(12-10-15)21(24)26-14-20(23)22-19-8-4-6-16-5-2-3-7-18(16)19/h2-3,5,7,9-12,19H,4,6,8,13-14H2,1H3,(H,22,23). The van der Waals surface area contributed by atoms with Crippen molar-refractivity contribution in [2.45, 2.75) is 31.9 Å². The van der Waals surface area contributed by atoms with E-state index < -0.39 is 5.97 Å². The van der Waals surface area contributed by atoms with E-state index in [-0.39, 0.29) is 18.6 Å². The Morgan fingerprint density at radius 2 is 1.88 bits per heavy atom. The number of nitrogens with one attached hydrogen (secondary N) is 1. The summed E-state index contributed by atoms with van der Waals surface area (Å²) in [6, 6.07) is 15.1. The summed E-state index contributed by atoms with van der Waals surface area (Å²) in [5, 5.41) is 2.98. The lowest BCUT2D eigenvalue weighted by Crippen LogP contribution is -2.34. The fourth-order valence-corrected chi connectivity index (χ4v) is 3.26. The normalized spacial score (nSPS) is 15.8. The maximum atomic E-state index is 12.2. The van der Waals surface area contributed by atoms with Crippen molar-refractivity contribution in [2.24, 2.45) is 0 Å². The van der Waals surface area contributed by atoms with Crippen LogP contribution in [0.5, 0.6) is 0 Å². The fourth-order valence-electron chi connectivity index (χ4n) is 3.26. The lowest BCUT2D eigenvalue weighted by atomic mass is 9.88. The minimum atomic E-state index is -0.506. The van der Waals surface area contributed by atoms with Crippen molar-refractivity contribution < 1.29 is 19.1 Å². The van der Waals surface area contributed by atoms with Gasteiger partial charge in [0.2, 0.25) is 0 Å². The lowest BCUT2D eigenvalue weighted by Gasteiger charge is -2.26. The molecule has 136 valence electrons. The average molecular weight is 353 g/mol. The predicted octanol–water partition coefficient (Wildman–Crippen LogP) is 3.18. The number of methoxy groups -OCH3 is 1. The van der Waals surface area contributed by atoms with Crippen molar-refractivity contribution in [3.63, 3.8) is 0 Å². The molecule has 5 nitrogen and oxygen atoms in total. The maximum absolute atomic E-state index is 12.2. The largest absolute Gasteiger partial charge is 0.452 e. The van der Waals surface area contributed by atoms with E-state index >= 15 is 0 Å². The number of esters is 1. The molecule has 2 aromatic rings. The van der Waals surface area contributed by atoms with E-state index in [2.05, 4.69) is 11.4 Å². The van der Waals surface area contributed by atoms with Gasteiger partial charge in [-0.1, -0.05) is 36.4 Å². The summed E-state index contributed by atoms with van der Waals surface area (Å²) in [4.78, 5) is 24.3. The molecule has 0 aliphatic heterocycles. The van der Waals surface area contributed by atoms with Crippen LogP contribution >= 0.6 is 0 Å². The number of carbonyl (C=O) groups excluding carboxylic acids is 2. The molecule has 0 aromatic heterocycles. The van der Waals surface area contributed by atoms with Crippen LogP contribution in [0.15, 0.2) is 48.5 Å². The van der Waals surface area contributed by atoms with Crippen LogP contribution in [0.1, 0.15) is 45.9 Å². The minimum absolute atomic E-state index is 0.0144. The second-order valence-corrected chi connectivity index (χ2v) is 6.42. The van der Waals surface area contributed by atoms with Crippen LogP contribution in [0.4, 0.5) is 0 Å². The minimum Gasteiger partial charge on any atom is -0.452 e. The number of carbonyl (C=O) groups is 2. The number of ether oxygens (including phenoxy) is 2. The van der Waals surface area contributed by atoms with Crippen LogP contribution in [0, 0.1) is 0 Å². The summed E-state index contributed by atoms with van der Waals surface area (Å²) in [6.45, 7) is 0.206. The molecule has 1 atom stereocenters. The molecule has 0 radical (unpaired) electrons. The van der Waals surface area contributed by atoms with Gasteiger partial charge in [0.05, 0.1) is 18.2 Å². The third kappa shape index (κ3) is 4.49. The van der Waals surface area contributed by atoms with Crippen molar-refractivity contribution in [3.05, 3.63) is 70.8 Å². The Labute approximate surface area is 153 Å². The lowest BCUT2D eigenvalue weighted by molar-refractivity contribution is -0.125. The highest BCUT2D eigenvalue weighted by molar-refractivity contribution is 5.91. The molecular formula is C21H23NO4. The first-order valence-corrected chi connectivity index (χ1v) is 8.79. The molecule has 0 saturated carbocycles. The van der Waals surface area contributed by atoms with Gasteiger partial charge in [0.1, 0.15) is 0 Å². The van der Waals surface area contributed by atoms with E-state index in [9.17, 15) is 9.59 Å². The molecule has 0 spiro atoms. The third-order valence-corrected chi connectivity index (χ3v) is 4.54. The van der Waals surface area contributed by atoms with Crippen LogP contribution in [0.25, 0.3) is 0 Å². The van der Waals surface area contributed by atoms with Gasteiger partial charge in [-0.15, -0.1) is 0 Å². The number of aryl methyl sites for hydroxylation is 1. The van der Waals surface area contributed by atoms with Crippen LogP contribution < -0.4 is 5.32 Å². The highest BCUT2D eigenvalue weighted by Gasteiger charge is 2.21. The van der Waals surface area contributed by atoms with Crippen molar-refractivity contribution in [2.75, 3.05) is 13.7 Å². The molecule has 2 aromatic carbocycles. The number of rotatable bonds is 6. The summed E-state index contributed by atoms with van der Waals surface area (Å²) in [5.41, 5.74) is 3.82. The smallest absolute Gasteiger partial charge is 0.338 e. The molecule has 1 N–H and O–H groups in total. The molecule has 0 saturated heterocycles. The maximum Gasteiger partial charge on any atom is 0.338 e. The average Bonchev–Trinajstić information content (AvgIpc) is 2.67. The van der Waals surface area contributed by atoms with Gasteiger partial charge in [-0.3, -0.25) is 4.79 Å². The fraction of sp³-hybridized carbons (Fsp3) is 0.333. The summed E-state index contributed by atoms with van der Waals surface area (Å²) >= 11 is 0. The number of hydrogen-bond donors (Lipinski definition) is 1. The molecule has 5 heteroatoms. The third-order valence-electron chi connectivity index (χ3n) is 4.54. The van der Waals surface area contributed by atoms with Crippen LogP contribution in [0.2, 0.25) is 0 Å². The first-order valence-electron chi connectivity index (χ1n) is 8.79. The van der Waals surface area contributed by atoms with E-state index in [4.69, 9.17) is 9.47 Å². The van der Waals surface area contributed by atoms with E-state index in [1.165, 1.54) is 5.56 Å². The van der Waals surface area contributed by atoms with E-state index in [1.807, 2.05) is 18.2 Å². The predicted molar refractivity (Wildman–Crippen MR) is 97.7 cm³/mol. The highest BCUT2D eigenvalue weighted by atomic mass is 16.5. The van der Waals surface area contributed by atoms with Gasteiger partial charge in [0.25, 0.3) is 5.91 Å². The first-order chi connectivity index (χ1) is 12.7. The van der Waals surface area contributed by atoms with Crippen molar-refractivity contribution in [1.82, 2.24) is 5.32 Å². The molecule has 1 aliphatic rings. The molecule has 0 fully saturated rings. The first kappa shape index (κ1) is 18.1. The van der Waals surface area contributed by atoms with Gasteiger partial charge in [-0.2, -0.15) is 0 Å². The molecule has 26 heavy (non-hydrogen) atoms. The van der Waals surface area contributed by atoms with Crippen molar-refractivity contribution in [3.8, 4) is 0 Å². The zero-order valence-electron chi connectivity index (χ0n) is 14.9. The highest BCUT2D eigenvalue weighted by Crippen LogP contribution is 2.29. The Bertz CT molecular complexity index is 770. The number of amides is 1. The van der Waals surface area contributed by atoms with Gasteiger partial charge in [-0.25, -0.2) is 4.79 Å². The topological polar surface area (TPSA) is 64.6 Å². The Hall–Kier alpha value is -2.66. The number of fused-ring (bicyclic) bond motifs is 1. The second-order valence-electron chi connectivity index (χ2n) is 6.42. The zero-order valence-corrected chi connectivity index (χ0v) is 14.9. The zero-order chi connectivity index (χ0) is 18.4. The number of hydrogen-bond acceptors (Lipinski definition) is 4. The van der Waals surface area contributed by atoms with E-state index in [0.717, 1.165) is 30.4 Å². The molecule has 0 bridgehead atoms. The van der Waals surface area contributed by atoms with Gasteiger partial charge in [-0.05, 0) is 48.1 Å². The van der Waals surface area contributed by atoms with Gasteiger partial charge in [0, 0.05) is 7.11 Å². The Balaban J connectivity index is 1.52. The monoisotopic (exact) mass is 353 g/mol. The molecule has 1 unspecified atom stereocenters. The van der Waals surface area contributed by atoms with Crippen molar-refractivity contribution >= 4 is 11.9 Å². The number of benzene rings is 2. The van der Waals surface area contributed by atoms with Crippen LogP contribution in [0.3, 0.4) is 0 Å². The summed E-state index contributed by atoms with van der Waals surface area (Å²) in [6.07, 6.45) is 2.98. The van der Waals surface area contributed by atoms with Crippen molar-refractivity contribution in [1.29, 1.82) is 0 Å². The summed E-state index contributed by atoms with van der Waals surface area (Å²) in [7, 11) is 1.62. The van der Waals surface area contributed by atoms with E-state index in [1.54, 1.807) is 31.4 Å². The van der Waals surface area contributed by atoms with Crippen LogP contribution in [-0.4, -0.2) is 25.6 Å². The molecular weight excluding hydrogens is 330 g/mol. The SMILES string of the molecule is COCc1ccc(C(=O)OCC(=O)NC2CCCc3ccccc32)cc1.